The van der Waals surface area contributed by atoms with Crippen LogP contribution >= 0.6 is 0 Å². The zero-order valence-corrected chi connectivity index (χ0v) is 18.6. The van der Waals surface area contributed by atoms with Gasteiger partial charge in [-0.25, -0.2) is 4.39 Å². The monoisotopic (exact) mass is 438 g/mol. The van der Waals surface area contributed by atoms with E-state index in [0.717, 1.165) is 26.1 Å². The topological polar surface area (TPSA) is 55.9 Å². The number of hydrogen-bond donors (Lipinski definition) is 1. The van der Waals surface area contributed by atoms with Crippen LogP contribution in [0, 0.1) is 5.82 Å². The van der Waals surface area contributed by atoms with E-state index in [1.54, 1.807) is 12.1 Å². The van der Waals surface area contributed by atoms with Gasteiger partial charge in [-0.3, -0.25) is 19.4 Å². The van der Waals surface area contributed by atoms with E-state index in [9.17, 15) is 14.0 Å². The Labute approximate surface area is 189 Å². The number of amides is 1. The van der Waals surface area contributed by atoms with Gasteiger partial charge >= 0.3 is 0 Å². The summed E-state index contributed by atoms with van der Waals surface area (Å²) < 4.78 is 14.4. The number of carbonyl (C=O) groups excluding carboxylic acids is 2. The molecule has 0 aliphatic carbocycles. The standard InChI is InChI=1S/C25H31FN4O2/c1-19(31)21-7-8-24(23(26)15-21)30-13-11-28(12-14-30)18-25(32)27-22-9-10-29(17-22)16-20-5-3-2-4-6-20/h2-8,15,22H,9-14,16-18H2,1H3,(H,27,32)/t22-/m1/s1. The number of benzene rings is 2. The molecule has 1 atom stereocenters. The lowest BCUT2D eigenvalue weighted by Crippen LogP contribution is -2.51. The lowest BCUT2D eigenvalue weighted by molar-refractivity contribution is -0.123. The molecule has 0 bridgehead atoms. The molecule has 0 saturated carbocycles. The average Bonchev–Trinajstić information content (AvgIpc) is 3.21. The number of anilines is 1. The summed E-state index contributed by atoms with van der Waals surface area (Å²) in [7, 11) is 0. The normalized spacial score (nSPS) is 19.8. The fraction of sp³-hybridized carbons (Fsp3) is 0.440. The predicted octanol–water partition coefficient (Wildman–Crippen LogP) is 2.54. The summed E-state index contributed by atoms with van der Waals surface area (Å²) in [6.07, 6.45) is 0.974. The van der Waals surface area contributed by atoms with E-state index in [0.29, 0.717) is 44.0 Å². The van der Waals surface area contributed by atoms with Gasteiger partial charge in [-0.05, 0) is 37.1 Å². The van der Waals surface area contributed by atoms with Gasteiger partial charge in [0.15, 0.2) is 5.78 Å². The van der Waals surface area contributed by atoms with Crippen LogP contribution in [0.15, 0.2) is 48.5 Å². The fourth-order valence-electron chi connectivity index (χ4n) is 4.54. The Morgan fingerprint density at radius 3 is 2.44 bits per heavy atom. The number of hydrogen-bond acceptors (Lipinski definition) is 5. The summed E-state index contributed by atoms with van der Waals surface area (Å²) in [6, 6.07) is 15.3. The minimum absolute atomic E-state index is 0.0574. The van der Waals surface area contributed by atoms with Crippen molar-refractivity contribution in [3.63, 3.8) is 0 Å². The molecule has 2 aliphatic heterocycles. The number of ketones is 1. The van der Waals surface area contributed by atoms with Crippen molar-refractivity contribution in [2.75, 3.05) is 50.7 Å². The Morgan fingerprint density at radius 1 is 1.00 bits per heavy atom. The molecule has 0 radical (unpaired) electrons. The van der Waals surface area contributed by atoms with E-state index < -0.39 is 0 Å². The highest BCUT2D eigenvalue weighted by Gasteiger charge is 2.26. The highest BCUT2D eigenvalue weighted by Crippen LogP contribution is 2.22. The quantitative estimate of drug-likeness (QED) is 0.674. The number of piperazine rings is 1. The minimum Gasteiger partial charge on any atom is -0.367 e. The van der Waals surface area contributed by atoms with Gasteiger partial charge in [0.1, 0.15) is 5.82 Å². The highest BCUT2D eigenvalue weighted by molar-refractivity contribution is 5.94. The van der Waals surface area contributed by atoms with Crippen LogP contribution in [-0.4, -0.2) is 73.3 Å². The van der Waals surface area contributed by atoms with E-state index >= 15 is 0 Å². The van der Waals surface area contributed by atoms with E-state index in [4.69, 9.17) is 0 Å². The third-order valence-electron chi connectivity index (χ3n) is 6.32. The van der Waals surface area contributed by atoms with Crippen molar-refractivity contribution in [2.45, 2.75) is 25.9 Å². The summed E-state index contributed by atoms with van der Waals surface area (Å²) in [5, 5.41) is 3.18. The maximum absolute atomic E-state index is 14.4. The van der Waals surface area contributed by atoms with Crippen LogP contribution in [0.5, 0.6) is 0 Å². The van der Waals surface area contributed by atoms with Crippen molar-refractivity contribution in [1.82, 2.24) is 15.1 Å². The van der Waals surface area contributed by atoms with Crippen LogP contribution in [0.25, 0.3) is 0 Å². The first-order valence-corrected chi connectivity index (χ1v) is 11.3. The molecule has 0 unspecified atom stereocenters. The third-order valence-corrected chi connectivity index (χ3v) is 6.32. The number of carbonyl (C=O) groups is 2. The summed E-state index contributed by atoms with van der Waals surface area (Å²) in [6.45, 7) is 7.29. The Morgan fingerprint density at radius 2 is 1.75 bits per heavy atom. The number of nitrogens with one attached hydrogen (secondary N) is 1. The van der Waals surface area contributed by atoms with E-state index in [1.807, 2.05) is 11.0 Å². The lowest BCUT2D eigenvalue weighted by atomic mass is 10.1. The zero-order chi connectivity index (χ0) is 22.5. The number of Topliss-reactive ketones (excluding diaryl/α,β-unsaturated/α-hetero) is 1. The van der Waals surface area contributed by atoms with Gasteiger partial charge in [0, 0.05) is 57.4 Å². The summed E-state index contributed by atoms with van der Waals surface area (Å²) >= 11 is 0. The largest absolute Gasteiger partial charge is 0.367 e. The van der Waals surface area contributed by atoms with Gasteiger partial charge in [-0.15, -0.1) is 0 Å². The Bertz CT molecular complexity index is 944. The van der Waals surface area contributed by atoms with Crippen LogP contribution in [0.1, 0.15) is 29.3 Å². The van der Waals surface area contributed by atoms with Crippen molar-refractivity contribution in [2.24, 2.45) is 0 Å². The molecule has 2 aliphatic rings. The Kier molecular flexibility index (Phi) is 7.17. The number of nitrogens with zero attached hydrogens (tertiary/aromatic N) is 3. The number of halogens is 1. The van der Waals surface area contributed by atoms with Crippen molar-refractivity contribution >= 4 is 17.4 Å². The van der Waals surface area contributed by atoms with Gasteiger partial charge in [0.25, 0.3) is 0 Å². The number of likely N-dealkylation sites (tertiary alicyclic amines) is 1. The highest BCUT2D eigenvalue weighted by atomic mass is 19.1. The number of rotatable bonds is 7. The first kappa shape index (κ1) is 22.4. The van der Waals surface area contributed by atoms with Crippen LogP contribution in [0.2, 0.25) is 0 Å². The average molecular weight is 439 g/mol. The maximum Gasteiger partial charge on any atom is 0.234 e. The molecule has 7 heteroatoms. The summed E-state index contributed by atoms with van der Waals surface area (Å²) in [4.78, 5) is 30.5. The lowest BCUT2D eigenvalue weighted by Gasteiger charge is -2.36. The van der Waals surface area contributed by atoms with Gasteiger partial charge < -0.3 is 10.2 Å². The molecule has 2 aromatic rings. The van der Waals surface area contributed by atoms with Crippen molar-refractivity contribution in [1.29, 1.82) is 0 Å². The second-order valence-electron chi connectivity index (χ2n) is 8.76. The van der Waals surface area contributed by atoms with Gasteiger partial charge in [0.05, 0.1) is 12.2 Å². The molecule has 2 fully saturated rings. The van der Waals surface area contributed by atoms with E-state index in [-0.39, 0.29) is 23.5 Å². The molecule has 1 N–H and O–H groups in total. The van der Waals surface area contributed by atoms with Crippen LogP contribution in [0.4, 0.5) is 10.1 Å². The zero-order valence-electron chi connectivity index (χ0n) is 18.6. The second-order valence-corrected chi connectivity index (χ2v) is 8.76. The molecular weight excluding hydrogens is 407 g/mol. The van der Waals surface area contributed by atoms with E-state index in [1.165, 1.54) is 18.6 Å². The molecule has 1 amide bonds. The third kappa shape index (κ3) is 5.72. The molecule has 0 aromatic heterocycles. The van der Waals surface area contributed by atoms with Gasteiger partial charge in [-0.2, -0.15) is 0 Å². The molecule has 2 saturated heterocycles. The molecular formula is C25H31FN4O2. The summed E-state index contributed by atoms with van der Waals surface area (Å²) in [5.41, 5.74) is 2.20. The molecule has 0 spiro atoms. The molecule has 2 aromatic carbocycles. The van der Waals surface area contributed by atoms with Gasteiger partial charge in [-0.1, -0.05) is 30.3 Å². The minimum atomic E-state index is -0.370. The first-order valence-electron chi connectivity index (χ1n) is 11.3. The van der Waals surface area contributed by atoms with E-state index in [2.05, 4.69) is 39.4 Å². The van der Waals surface area contributed by atoms with Crippen molar-refractivity contribution in [3.05, 3.63) is 65.5 Å². The van der Waals surface area contributed by atoms with Gasteiger partial charge in [0.2, 0.25) is 5.91 Å². The molecule has 170 valence electrons. The van der Waals surface area contributed by atoms with Crippen LogP contribution in [0.3, 0.4) is 0 Å². The van der Waals surface area contributed by atoms with Crippen molar-refractivity contribution < 1.29 is 14.0 Å². The Balaban J connectivity index is 1.20. The first-order chi connectivity index (χ1) is 15.5. The molecule has 6 nitrogen and oxygen atoms in total. The molecule has 32 heavy (non-hydrogen) atoms. The van der Waals surface area contributed by atoms with Crippen LogP contribution in [-0.2, 0) is 11.3 Å². The second kappa shape index (κ2) is 10.2. The summed E-state index contributed by atoms with van der Waals surface area (Å²) in [5.74, 6) is -0.455. The SMILES string of the molecule is CC(=O)c1ccc(N2CCN(CC(=O)N[C@@H]3CCN(Cc4ccccc4)C3)CC2)c(F)c1. The smallest absolute Gasteiger partial charge is 0.234 e. The van der Waals surface area contributed by atoms with Crippen molar-refractivity contribution in [3.8, 4) is 0 Å². The molecule has 4 rings (SSSR count). The predicted molar refractivity (Wildman–Crippen MR) is 123 cm³/mol. The van der Waals surface area contributed by atoms with Crippen LogP contribution < -0.4 is 10.2 Å². The molecule has 2 heterocycles. The maximum atomic E-state index is 14.4. The fourth-order valence-corrected chi connectivity index (χ4v) is 4.54. The Hall–Kier alpha value is -2.77.